The van der Waals surface area contributed by atoms with Crippen molar-refractivity contribution in [1.82, 2.24) is 10.6 Å². The number of benzene rings is 1. The van der Waals surface area contributed by atoms with E-state index in [4.69, 9.17) is 4.74 Å². The summed E-state index contributed by atoms with van der Waals surface area (Å²) in [5.74, 6) is 0.938. The second kappa shape index (κ2) is 7.14. The lowest BCUT2D eigenvalue weighted by Gasteiger charge is -2.32. The van der Waals surface area contributed by atoms with E-state index in [0.29, 0.717) is 13.0 Å². The summed E-state index contributed by atoms with van der Waals surface area (Å²) in [6.07, 6.45) is 2.41. The molecule has 1 fully saturated rings. The molecular weight excluding hydrogens is 254 g/mol. The molecule has 5 heteroatoms. The average molecular weight is 277 g/mol. The van der Waals surface area contributed by atoms with Gasteiger partial charge in [-0.25, -0.2) is 0 Å². The molecule has 1 aromatic carbocycles. The van der Waals surface area contributed by atoms with E-state index in [1.807, 2.05) is 31.2 Å². The second-order valence-electron chi connectivity index (χ2n) is 4.96. The largest absolute Gasteiger partial charge is 0.494 e. The highest BCUT2D eigenvalue weighted by molar-refractivity contribution is 5.78. The molecule has 0 spiro atoms. The van der Waals surface area contributed by atoms with Gasteiger partial charge in [0.1, 0.15) is 5.75 Å². The Labute approximate surface area is 120 Å². The molecule has 1 saturated heterocycles. The number of amides is 1. The van der Waals surface area contributed by atoms with Gasteiger partial charge in [-0.15, -0.1) is 0 Å². The zero-order valence-corrected chi connectivity index (χ0v) is 12.1. The minimum atomic E-state index is -0.217. The molecule has 1 aliphatic heterocycles. The van der Waals surface area contributed by atoms with Crippen molar-refractivity contribution in [1.29, 1.82) is 0 Å². The molecule has 2 rings (SSSR count). The predicted octanol–water partition coefficient (Wildman–Crippen LogP) is 2.06. The van der Waals surface area contributed by atoms with Gasteiger partial charge in [0.15, 0.2) is 6.29 Å². The maximum atomic E-state index is 11.7. The van der Waals surface area contributed by atoms with Crippen molar-refractivity contribution >= 4 is 11.6 Å². The molecule has 5 nitrogen and oxygen atoms in total. The number of rotatable bonds is 6. The summed E-state index contributed by atoms with van der Waals surface area (Å²) in [6.45, 7) is 4.75. The fourth-order valence-corrected chi connectivity index (χ4v) is 2.37. The van der Waals surface area contributed by atoms with Gasteiger partial charge >= 0.3 is 0 Å². The molecule has 2 unspecified atom stereocenters. The summed E-state index contributed by atoms with van der Waals surface area (Å²) in [7, 11) is 0. The minimum absolute atomic E-state index is 0.0886. The molecule has 1 heterocycles. The van der Waals surface area contributed by atoms with Gasteiger partial charge in [0.2, 0.25) is 5.91 Å². The molecule has 1 amide bonds. The fourth-order valence-electron chi connectivity index (χ4n) is 2.37. The summed E-state index contributed by atoms with van der Waals surface area (Å²) < 4.78 is 5.40. The van der Waals surface area contributed by atoms with Crippen molar-refractivity contribution in [3.63, 3.8) is 0 Å². The lowest BCUT2D eigenvalue weighted by atomic mass is 10.1. The molecule has 1 aliphatic rings. The Morgan fingerprint density at radius 1 is 1.30 bits per heavy atom. The first-order chi connectivity index (χ1) is 9.71. The van der Waals surface area contributed by atoms with Gasteiger partial charge < -0.3 is 15.4 Å². The molecule has 0 bridgehead atoms. The Kier molecular flexibility index (Phi) is 5.24. The SMILES string of the molecule is CCCC1CC(=O)NC(Nc2ccc(OCC)cc2)N1. The number of carbonyl (C=O) groups excluding carboxylic acids is 1. The van der Waals surface area contributed by atoms with E-state index in [0.717, 1.165) is 24.3 Å². The maximum absolute atomic E-state index is 11.7. The predicted molar refractivity (Wildman–Crippen MR) is 79.6 cm³/mol. The van der Waals surface area contributed by atoms with Gasteiger partial charge in [0, 0.05) is 18.2 Å². The summed E-state index contributed by atoms with van der Waals surface area (Å²) in [4.78, 5) is 11.7. The summed E-state index contributed by atoms with van der Waals surface area (Å²) in [5.41, 5.74) is 0.948. The van der Waals surface area contributed by atoms with Crippen LogP contribution in [0.4, 0.5) is 5.69 Å². The van der Waals surface area contributed by atoms with E-state index < -0.39 is 0 Å². The van der Waals surface area contributed by atoms with Crippen LogP contribution in [0.1, 0.15) is 33.1 Å². The molecule has 2 atom stereocenters. The van der Waals surface area contributed by atoms with E-state index in [-0.39, 0.29) is 18.2 Å². The van der Waals surface area contributed by atoms with Crippen molar-refractivity contribution in [2.24, 2.45) is 0 Å². The number of ether oxygens (including phenoxy) is 1. The first-order valence-corrected chi connectivity index (χ1v) is 7.26. The third-order valence-corrected chi connectivity index (χ3v) is 3.25. The van der Waals surface area contributed by atoms with Gasteiger partial charge in [0.05, 0.1) is 6.61 Å². The Bertz CT molecular complexity index is 433. The van der Waals surface area contributed by atoms with Gasteiger partial charge in [-0.3, -0.25) is 10.1 Å². The molecule has 0 aromatic heterocycles. The first-order valence-electron chi connectivity index (χ1n) is 7.26. The second-order valence-corrected chi connectivity index (χ2v) is 4.96. The van der Waals surface area contributed by atoms with Crippen LogP contribution in [0, 0.1) is 0 Å². The smallest absolute Gasteiger partial charge is 0.224 e. The van der Waals surface area contributed by atoms with Crippen LogP contribution in [0.25, 0.3) is 0 Å². The van der Waals surface area contributed by atoms with Crippen molar-refractivity contribution < 1.29 is 9.53 Å². The lowest BCUT2D eigenvalue weighted by Crippen LogP contribution is -2.59. The Morgan fingerprint density at radius 2 is 2.05 bits per heavy atom. The topological polar surface area (TPSA) is 62.4 Å². The number of carbonyl (C=O) groups is 1. The summed E-state index contributed by atoms with van der Waals surface area (Å²) in [5, 5.41) is 9.57. The zero-order valence-electron chi connectivity index (χ0n) is 12.1. The quantitative estimate of drug-likeness (QED) is 0.745. The van der Waals surface area contributed by atoms with E-state index in [2.05, 4.69) is 22.9 Å². The van der Waals surface area contributed by atoms with Crippen molar-refractivity contribution in [2.45, 2.75) is 45.4 Å². The van der Waals surface area contributed by atoms with Gasteiger partial charge in [-0.1, -0.05) is 13.3 Å². The monoisotopic (exact) mass is 277 g/mol. The van der Waals surface area contributed by atoms with Crippen LogP contribution >= 0.6 is 0 Å². The minimum Gasteiger partial charge on any atom is -0.494 e. The lowest BCUT2D eigenvalue weighted by molar-refractivity contribution is -0.124. The van der Waals surface area contributed by atoms with E-state index in [1.54, 1.807) is 0 Å². The van der Waals surface area contributed by atoms with Crippen molar-refractivity contribution in [3.8, 4) is 5.75 Å². The van der Waals surface area contributed by atoms with Crippen molar-refractivity contribution in [3.05, 3.63) is 24.3 Å². The fraction of sp³-hybridized carbons (Fsp3) is 0.533. The summed E-state index contributed by atoms with van der Waals surface area (Å²) >= 11 is 0. The molecular formula is C15H23N3O2. The zero-order chi connectivity index (χ0) is 14.4. The normalized spacial score (nSPS) is 22.2. The third-order valence-electron chi connectivity index (χ3n) is 3.25. The molecule has 1 aromatic rings. The van der Waals surface area contributed by atoms with Crippen molar-refractivity contribution in [2.75, 3.05) is 11.9 Å². The van der Waals surface area contributed by atoms with Crippen LogP contribution in [0.3, 0.4) is 0 Å². The Morgan fingerprint density at radius 3 is 2.70 bits per heavy atom. The molecule has 3 N–H and O–H groups in total. The van der Waals surface area contributed by atoms with Crippen LogP contribution in [-0.4, -0.2) is 24.8 Å². The van der Waals surface area contributed by atoms with Gasteiger partial charge in [-0.2, -0.15) is 0 Å². The highest BCUT2D eigenvalue weighted by Gasteiger charge is 2.24. The number of anilines is 1. The van der Waals surface area contributed by atoms with Gasteiger partial charge in [-0.05, 0) is 37.6 Å². The van der Waals surface area contributed by atoms with Crippen LogP contribution in [-0.2, 0) is 4.79 Å². The van der Waals surface area contributed by atoms with E-state index >= 15 is 0 Å². The first kappa shape index (κ1) is 14.7. The molecule has 0 aliphatic carbocycles. The molecule has 20 heavy (non-hydrogen) atoms. The standard InChI is InChI=1S/C15H23N3O2/c1-3-5-12-10-14(19)18-15(17-12)16-11-6-8-13(9-7-11)20-4-2/h6-9,12,15-17H,3-5,10H2,1-2H3,(H,18,19). The Balaban J connectivity index is 1.92. The maximum Gasteiger partial charge on any atom is 0.224 e. The molecule has 110 valence electrons. The van der Waals surface area contributed by atoms with Crippen LogP contribution in [0.2, 0.25) is 0 Å². The van der Waals surface area contributed by atoms with Crippen LogP contribution in [0.5, 0.6) is 5.75 Å². The number of hydrogen-bond donors (Lipinski definition) is 3. The highest BCUT2D eigenvalue weighted by Crippen LogP contribution is 2.16. The third kappa shape index (κ3) is 4.13. The van der Waals surface area contributed by atoms with E-state index in [1.165, 1.54) is 0 Å². The van der Waals surface area contributed by atoms with Gasteiger partial charge in [0.25, 0.3) is 0 Å². The Hall–Kier alpha value is -1.75. The molecule has 0 saturated carbocycles. The highest BCUT2D eigenvalue weighted by atomic mass is 16.5. The van der Waals surface area contributed by atoms with Crippen LogP contribution in [0.15, 0.2) is 24.3 Å². The molecule has 0 radical (unpaired) electrons. The number of nitrogens with one attached hydrogen (secondary N) is 3. The summed E-state index contributed by atoms with van der Waals surface area (Å²) in [6, 6.07) is 7.97. The number of hydrogen-bond acceptors (Lipinski definition) is 4. The average Bonchev–Trinajstić information content (AvgIpc) is 2.41. The van der Waals surface area contributed by atoms with Crippen LogP contribution < -0.4 is 20.7 Å². The van der Waals surface area contributed by atoms with E-state index in [9.17, 15) is 4.79 Å².